The Morgan fingerprint density at radius 2 is 1.20 bits per heavy atom. The first kappa shape index (κ1) is 33.2. The molecule has 206 valence electrons. The number of carbonyl (C=O) groups excluding carboxylic acids is 2. The van der Waals surface area contributed by atoms with Crippen LogP contribution in [0.1, 0.15) is 129 Å². The maximum absolute atomic E-state index is 12.6. The number of aliphatic carboxylic acids is 1. The van der Waals surface area contributed by atoms with Crippen molar-refractivity contribution in [3.8, 4) is 0 Å². The Morgan fingerprint density at radius 3 is 1.66 bits per heavy atom. The van der Waals surface area contributed by atoms with E-state index in [1.165, 1.54) is 19.3 Å². The lowest BCUT2D eigenvalue weighted by Gasteiger charge is -2.19. The normalized spacial score (nSPS) is 12.3. The number of hydrogen-bond donors (Lipinski definition) is 2. The van der Waals surface area contributed by atoms with Crippen LogP contribution in [-0.4, -0.2) is 41.8 Å². The molecule has 1 amide bonds. The fourth-order valence-corrected chi connectivity index (χ4v) is 3.92. The lowest BCUT2D eigenvalue weighted by molar-refractivity contribution is -0.205. The molecule has 0 aromatic heterocycles. The zero-order chi connectivity index (χ0) is 26.4. The van der Waals surface area contributed by atoms with Crippen molar-refractivity contribution in [2.45, 2.75) is 141 Å². The van der Waals surface area contributed by atoms with Gasteiger partial charge in [0.2, 0.25) is 5.91 Å². The number of esters is 1. The SMILES string of the molecule is CCCCCCCCCC(CCCCCCCCCCC(=O)NCCC(=O)O)OC(=O)C(F)(F)F. The van der Waals surface area contributed by atoms with Gasteiger partial charge in [-0.3, -0.25) is 9.59 Å². The van der Waals surface area contributed by atoms with E-state index in [1.54, 1.807) is 0 Å². The Kier molecular flexibility index (Phi) is 20.4. The van der Waals surface area contributed by atoms with Crippen molar-refractivity contribution >= 4 is 17.8 Å². The molecule has 0 saturated carbocycles. The minimum absolute atomic E-state index is 0.0730. The third-order valence-corrected chi connectivity index (χ3v) is 5.98. The third kappa shape index (κ3) is 22.4. The summed E-state index contributed by atoms with van der Waals surface area (Å²) < 4.78 is 42.6. The summed E-state index contributed by atoms with van der Waals surface area (Å²) in [6, 6.07) is 0. The Balaban J connectivity index is 3.89. The molecule has 0 aliphatic heterocycles. The molecule has 0 aliphatic carbocycles. The van der Waals surface area contributed by atoms with Crippen LogP contribution in [0.25, 0.3) is 0 Å². The Labute approximate surface area is 208 Å². The second kappa shape index (κ2) is 21.5. The minimum Gasteiger partial charge on any atom is -0.481 e. The monoisotopic (exact) mass is 509 g/mol. The molecule has 2 N–H and O–H groups in total. The molecular weight excluding hydrogens is 463 g/mol. The van der Waals surface area contributed by atoms with Crippen molar-refractivity contribution in [2.75, 3.05) is 6.54 Å². The van der Waals surface area contributed by atoms with E-state index < -0.39 is 24.2 Å². The van der Waals surface area contributed by atoms with Crippen LogP contribution in [0.4, 0.5) is 13.2 Å². The molecule has 0 rings (SSSR count). The summed E-state index contributed by atoms with van der Waals surface area (Å²) in [7, 11) is 0. The van der Waals surface area contributed by atoms with Crippen LogP contribution >= 0.6 is 0 Å². The molecule has 1 atom stereocenters. The standard InChI is InChI=1S/C26H46F3NO5/c1-2-3-4-5-8-11-14-17-22(35-25(34)26(27,28)29)18-15-12-9-6-7-10-13-16-19-23(31)30-21-20-24(32)33/h22H,2-21H2,1H3,(H,30,31)(H,32,33). The number of nitrogens with one attached hydrogen (secondary N) is 1. The van der Waals surface area contributed by atoms with Gasteiger partial charge in [0.05, 0.1) is 6.42 Å². The maximum atomic E-state index is 12.6. The average molecular weight is 510 g/mol. The molecule has 0 bridgehead atoms. The quantitative estimate of drug-likeness (QED) is 0.113. The van der Waals surface area contributed by atoms with E-state index in [4.69, 9.17) is 9.84 Å². The molecule has 0 radical (unpaired) electrons. The number of carbonyl (C=O) groups is 3. The van der Waals surface area contributed by atoms with Gasteiger partial charge in [-0.25, -0.2) is 4.79 Å². The second-order valence-electron chi connectivity index (χ2n) is 9.30. The lowest BCUT2D eigenvalue weighted by Crippen LogP contribution is -2.30. The first-order valence-electron chi connectivity index (χ1n) is 13.4. The Hall–Kier alpha value is -1.80. The highest BCUT2D eigenvalue weighted by atomic mass is 19.4. The summed E-state index contributed by atoms with van der Waals surface area (Å²) in [5.74, 6) is -3.14. The van der Waals surface area contributed by atoms with Gasteiger partial charge in [0.15, 0.2) is 0 Å². The van der Waals surface area contributed by atoms with E-state index in [2.05, 4.69) is 12.2 Å². The predicted octanol–water partition coefficient (Wildman–Crippen LogP) is 7.09. The summed E-state index contributed by atoms with van der Waals surface area (Å²) in [4.78, 5) is 33.2. The number of hydrogen-bond acceptors (Lipinski definition) is 4. The van der Waals surface area contributed by atoms with Crippen molar-refractivity contribution in [1.82, 2.24) is 5.32 Å². The molecule has 1 unspecified atom stereocenters. The third-order valence-electron chi connectivity index (χ3n) is 5.98. The molecule has 9 heteroatoms. The van der Waals surface area contributed by atoms with Gasteiger partial charge in [-0.2, -0.15) is 13.2 Å². The molecule has 0 spiro atoms. The predicted molar refractivity (Wildman–Crippen MR) is 130 cm³/mol. The number of amides is 1. The highest BCUT2D eigenvalue weighted by molar-refractivity contribution is 5.76. The highest BCUT2D eigenvalue weighted by Crippen LogP contribution is 2.22. The first-order valence-corrected chi connectivity index (χ1v) is 13.4. The topological polar surface area (TPSA) is 92.7 Å². The van der Waals surface area contributed by atoms with Gasteiger partial charge in [-0.1, -0.05) is 84.0 Å². The van der Waals surface area contributed by atoms with Crippen molar-refractivity contribution < 1.29 is 37.4 Å². The van der Waals surface area contributed by atoms with Gasteiger partial charge in [-0.05, 0) is 32.1 Å². The molecule has 6 nitrogen and oxygen atoms in total. The number of carboxylic acid groups (broad SMARTS) is 1. The van der Waals surface area contributed by atoms with Crippen LogP contribution in [0.5, 0.6) is 0 Å². The number of carboxylic acids is 1. The molecule has 0 heterocycles. The van der Waals surface area contributed by atoms with Crippen LogP contribution < -0.4 is 5.32 Å². The maximum Gasteiger partial charge on any atom is 0.490 e. The summed E-state index contributed by atoms with van der Waals surface area (Å²) >= 11 is 0. The van der Waals surface area contributed by atoms with Crippen LogP contribution in [0.3, 0.4) is 0 Å². The van der Waals surface area contributed by atoms with Crippen molar-refractivity contribution in [2.24, 2.45) is 0 Å². The van der Waals surface area contributed by atoms with E-state index in [1.807, 2.05) is 0 Å². The van der Waals surface area contributed by atoms with Crippen LogP contribution in [0, 0.1) is 0 Å². The van der Waals surface area contributed by atoms with E-state index >= 15 is 0 Å². The van der Waals surface area contributed by atoms with Crippen molar-refractivity contribution in [3.05, 3.63) is 0 Å². The molecule has 0 aromatic carbocycles. The zero-order valence-electron chi connectivity index (χ0n) is 21.4. The highest BCUT2D eigenvalue weighted by Gasteiger charge is 2.42. The molecule has 0 aromatic rings. The van der Waals surface area contributed by atoms with Crippen molar-refractivity contribution in [1.29, 1.82) is 0 Å². The second-order valence-corrected chi connectivity index (χ2v) is 9.30. The first-order chi connectivity index (χ1) is 16.7. The smallest absolute Gasteiger partial charge is 0.481 e. The fourth-order valence-electron chi connectivity index (χ4n) is 3.92. The molecule has 0 aliphatic rings. The van der Waals surface area contributed by atoms with Crippen molar-refractivity contribution in [3.63, 3.8) is 0 Å². The largest absolute Gasteiger partial charge is 0.490 e. The Morgan fingerprint density at radius 1 is 0.743 bits per heavy atom. The van der Waals surface area contributed by atoms with E-state index in [0.717, 1.165) is 77.0 Å². The van der Waals surface area contributed by atoms with Gasteiger partial charge in [0.1, 0.15) is 6.10 Å². The summed E-state index contributed by atoms with van der Waals surface area (Å²) in [6.45, 7) is 2.31. The zero-order valence-corrected chi connectivity index (χ0v) is 21.4. The summed E-state index contributed by atoms with van der Waals surface area (Å²) in [5, 5.41) is 11.1. The number of alkyl halides is 3. The Bertz CT molecular complexity index is 570. The van der Waals surface area contributed by atoms with Crippen LogP contribution in [0.15, 0.2) is 0 Å². The molecule has 0 fully saturated rings. The van der Waals surface area contributed by atoms with Gasteiger partial charge in [-0.15, -0.1) is 0 Å². The number of unbranched alkanes of at least 4 members (excludes halogenated alkanes) is 13. The number of rotatable bonds is 23. The van der Waals surface area contributed by atoms with E-state index in [-0.39, 0.29) is 18.9 Å². The molecule has 0 saturated heterocycles. The van der Waals surface area contributed by atoms with E-state index in [9.17, 15) is 27.6 Å². The fraction of sp³-hybridized carbons (Fsp3) is 0.885. The number of ether oxygens (including phenoxy) is 1. The average Bonchev–Trinajstić information content (AvgIpc) is 2.78. The summed E-state index contributed by atoms with van der Waals surface area (Å²) in [5.41, 5.74) is 0. The molecular formula is C26H46F3NO5. The van der Waals surface area contributed by atoms with Gasteiger partial charge < -0.3 is 15.2 Å². The van der Waals surface area contributed by atoms with Crippen LogP contribution in [0.2, 0.25) is 0 Å². The minimum atomic E-state index is -4.95. The molecule has 35 heavy (non-hydrogen) atoms. The van der Waals surface area contributed by atoms with Gasteiger partial charge >= 0.3 is 18.1 Å². The number of halogens is 3. The summed E-state index contributed by atoms with van der Waals surface area (Å²) in [6.07, 6.45) is 10.5. The lowest BCUT2D eigenvalue weighted by atomic mass is 10.0. The van der Waals surface area contributed by atoms with Crippen LogP contribution in [-0.2, 0) is 19.1 Å². The van der Waals surface area contributed by atoms with Gasteiger partial charge in [0.25, 0.3) is 0 Å². The van der Waals surface area contributed by atoms with E-state index in [0.29, 0.717) is 19.3 Å². The van der Waals surface area contributed by atoms with Gasteiger partial charge in [0, 0.05) is 13.0 Å².